The maximum absolute atomic E-state index is 12.5. The molecule has 140 valence electrons. The quantitative estimate of drug-likeness (QED) is 0.775. The van der Waals surface area contributed by atoms with Crippen LogP contribution in [0.2, 0.25) is 0 Å². The predicted octanol–water partition coefficient (Wildman–Crippen LogP) is 3.88. The molecule has 0 fully saturated rings. The Morgan fingerprint density at radius 1 is 1.12 bits per heavy atom. The molecule has 0 aliphatic heterocycles. The number of halogens is 2. The van der Waals surface area contributed by atoms with E-state index in [4.69, 9.17) is 0 Å². The number of likely N-dealkylation sites (N-methyl/N-ethyl adjacent to an activating group) is 1. The van der Waals surface area contributed by atoms with E-state index in [2.05, 4.69) is 29.1 Å². The highest BCUT2D eigenvalue weighted by atomic mass is 19.3. The monoisotopic (exact) mass is 362 g/mol. The van der Waals surface area contributed by atoms with Gasteiger partial charge in [0.2, 0.25) is 0 Å². The number of aryl methyl sites for hydroxylation is 1. The van der Waals surface area contributed by atoms with Gasteiger partial charge in [-0.3, -0.25) is 4.79 Å². The number of benzene rings is 2. The molecule has 1 N–H and O–H groups in total. The van der Waals surface area contributed by atoms with Crippen molar-refractivity contribution in [2.75, 3.05) is 20.6 Å². The molecule has 0 aliphatic rings. The van der Waals surface area contributed by atoms with E-state index in [0.717, 1.165) is 12.0 Å². The zero-order valence-electron chi connectivity index (χ0n) is 15.2. The number of hydrogen-bond acceptors (Lipinski definition) is 3. The van der Waals surface area contributed by atoms with Gasteiger partial charge in [-0.15, -0.1) is 0 Å². The number of carbonyl (C=O) groups is 1. The molecule has 1 atom stereocenters. The maximum Gasteiger partial charge on any atom is 0.387 e. The lowest BCUT2D eigenvalue weighted by Gasteiger charge is -2.25. The SMILES string of the molecule is CCc1ccc(C(CNC(=O)c2ccccc2OC(F)F)N(C)C)cc1. The Balaban J connectivity index is 2.10. The highest BCUT2D eigenvalue weighted by Gasteiger charge is 2.19. The van der Waals surface area contributed by atoms with Gasteiger partial charge in [-0.1, -0.05) is 43.3 Å². The first-order chi connectivity index (χ1) is 12.4. The zero-order chi connectivity index (χ0) is 19.1. The second-order valence-electron chi connectivity index (χ2n) is 6.16. The number of para-hydroxylation sites is 1. The van der Waals surface area contributed by atoms with Crippen molar-refractivity contribution in [3.8, 4) is 5.75 Å². The number of rotatable bonds is 8. The fraction of sp³-hybridized carbons (Fsp3) is 0.350. The molecule has 2 rings (SSSR count). The van der Waals surface area contributed by atoms with E-state index in [9.17, 15) is 13.6 Å². The van der Waals surface area contributed by atoms with Crippen molar-refractivity contribution in [2.24, 2.45) is 0 Å². The average Bonchev–Trinajstić information content (AvgIpc) is 2.62. The van der Waals surface area contributed by atoms with Crippen molar-refractivity contribution in [3.63, 3.8) is 0 Å². The van der Waals surface area contributed by atoms with Gasteiger partial charge in [0.05, 0.1) is 11.6 Å². The van der Waals surface area contributed by atoms with Crippen LogP contribution in [0.15, 0.2) is 48.5 Å². The molecular formula is C20H24F2N2O2. The second-order valence-corrected chi connectivity index (χ2v) is 6.16. The molecule has 0 aliphatic carbocycles. The van der Waals surface area contributed by atoms with E-state index in [1.807, 2.05) is 31.1 Å². The van der Waals surface area contributed by atoms with Crippen molar-refractivity contribution in [3.05, 3.63) is 65.2 Å². The first kappa shape index (κ1) is 19.8. The van der Waals surface area contributed by atoms with Crippen LogP contribution in [0.25, 0.3) is 0 Å². The molecule has 0 saturated carbocycles. The number of nitrogens with zero attached hydrogens (tertiary/aromatic N) is 1. The predicted molar refractivity (Wildman–Crippen MR) is 97.7 cm³/mol. The molecule has 0 radical (unpaired) electrons. The minimum atomic E-state index is -2.98. The molecule has 1 amide bonds. The van der Waals surface area contributed by atoms with Crippen molar-refractivity contribution in [1.29, 1.82) is 0 Å². The fourth-order valence-corrected chi connectivity index (χ4v) is 2.71. The van der Waals surface area contributed by atoms with Crippen molar-refractivity contribution in [1.82, 2.24) is 10.2 Å². The average molecular weight is 362 g/mol. The van der Waals surface area contributed by atoms with Crippen molar-refractivity contribution < 1.29 is 18.3 Å². The summed E-state index contributed by atoms with van der Waals surface area (Å²) in [6.07, 6.45) is 0.963. The normalized spacial score (nSPS) is 12.3. The molecule has 1 unspecified atom stereocenters. The Hall–Kier alpha value is -2.47. The third kappa shape index (κ3) is 5.26. The molecule has 0 spiro atoms. The van der Waals surface area contributed by atoms with E-state index in [0.29, 0.717) is 6.54 Å². The summed E-state index contributed by atoms with van der Waals surface area (Å²) in [5.41, 5.74) is 2.41. The van der Waals surface area contributed by atoms with Gasteiger partial charge >= 0.3 is 6.61 Å². The lowest BCUT2D eigenvalue weighted by Crippen LogP contribution is -2.34. The van der Waals surface area contributed by atoms with Gasteiger partial charge in [-0.2, -0.15) is 8.78 Å². The van der Waals surface area contributed by atoms with Gasteiger partial charge in [-0.25, -0.2) is 0 Å². The Kier molecular flexibility index (Phi) is 7.09. The summed E-state index contributed by atoms with van der Waals surface area (Å²) < 4.78 is 29.4. The molecule has 4 nitrogen and oxygen atoms in total. The smallest absolute Gasteiger partial charge is 0.387 e. The lowest BCUT2D eigenvalue weighted by atomic mass is 10.0. The molecular weight excluding hydrogens is 338 g/mol. The number of amides is 1. The van der Waals surface area contributed by atoms with Crippen LogP contribution in [0.5, 0.6) is 5.75 Å². The summed E-state index contributed by atoms with van der Waals surface area (Å²) in [5.74, 6) is -0.577. The van der Waals surface area contributed by atoms with Crippen molar-refractivity contribution >= 4 is 5.91 Å². The number of hydrogen-bond donors (Lipinski definition) is 1. The number of nitrogens with one attached hydrogen (secondary N) is 1. The van der Waals surface area contributed by atoms with Crippen LogP contribution in [-0.4, -0.2) is 38.1 Å². The van der Waals surface area contributed by atoms with E-state index < -0.39 is 12.5 Å². The van der Waals surface area contributed by atoms with E-state index in [1.165, 1.54) is 17.7 Å². The zero-order valence-corrected chi connectivity index (χ0v) is 15.2. The number of carbonyl (C=O) groups excluding carboxylic acids is 1. The van der Waals surface area contributed by atoms with E-state index in [-0.39, 0.29) is 17.4 Å². The summed E-state index contributed by atoms with van der Waals surface area (Å²) in [4.78, 5) is 14.5. The van der Waals surface area contributed by atoms with Gasteiger partial charge in [0.25, 0.3) is 5.91 Å². The molecule has 0 heterocycles. The van der Waals surface area contributed by atoms with Crippen LogP contribution in [0.1, 0.15) is 34.5 Å². The summed E-state index contributed by atoms with van der Waals surface area (Å²) in [6.45, 7) is -0.534. The summed E-state index contributed by atoms with van der Waals surface area (Å²) in [5, 5.41) is 2.82. The van der Waals surface area contributed by atoms with E-state index >= 15 is 0 Å². The molecule has 0 aromatic heterocycles. The third-order valence-electron chi connectivity index (χ3n) is 4.20. The Labute approximate surface area is 152 Å². The van der Waals surface area contributed by atoms with Gasteiger partial charge in [0, 0.05) is 6.54 Å². The Bertz CT molecular complexity index is 718. The maximum atomic E-state index is 12.5. The minimum absolute atomic E-state index is 0.0342. The van der Waals surface area contributed by atoms with Crippen LogP contribution < -0.4 is 10.1 Å². The molecule has 6 heteroatoms. The van der Waals surface area contributed by atoms with Crippen LogP contribution >= 0.6 is 0 Å². The van der Waals surface area contributed by atoms with Crippen LogP contribution in [0.3, 0.4) is 0 Å². The minimum Gasteiger partial charge on any atom is -0.434 e. The van der Waals surface area contributed by atoms with Gasteiger partial charge in [0.15, 0.2) is 0 Å². The molecule has 2 aromatic carbocycles. The first-order valence-corrected chi connectivity index (χ1v) is 8.49. The van der Waals surface area contributed by atoms with E-state index in [1.54, 1.807) is 12.1 Å². The largest absolute Gasteiger partial charge is 0.434 e. The second kappa shape index (κ2) is 9.29. The third-order valence-corrected chi connectivity index (χ3v) is 4.20. The summed E-state index contributed by atoms with van der Waals surface area (Å²) in [7, 11) is 3.86. The standard InChI is InChI=1S/C20H24F2N2O2/c1-4-14-9-11-15(12-10-14)17(24(2)3)13-23-19(25)16-7-5-6-8-18(16)26-20(21)22/h5-12,17,20H,4,13H2,1-3H3,(H,23,25). The summed E-state index contributed by atoms with van der Waals surface area (Å²) in [6, 6.07) is 14.2. The van der Waals surface area contributed by atoms with Gasteiger partial charge in [0.1, 0.15) is 5.75 Å². The van der Waals surface area contributed by atoms with Gasteiger partial charge in [-0.05, 0) is 43.8 Å². The van der Waals surface area contributed by atoms with Crippen LogP contribution in [0, 0.1) is 0 Å². The molecule has 0 saturated heterocycles. The molecule has 26 heavy (non-hydrogen) atoms. The highest BCUT2D eigenvalue weighted by molar-refractivity contribution is 5.96. The van der Waals surface area contributed by atoms with Gasteiger partial charge < -0.3 is 15.0 Å². The topological polar surface area (TPSA) is 41.6 Å². The lowest BCUT2D eigenvalue weighted by molar-refractivity contribution is -0.0501. The Morgan fingerprint density at radius 3 is 2.35 bits per heavy atom. The Morgan fingerprint density at radius 2 is 1.77 bits per heavy atom. The van der Waals surface area contributed by atoms with Crippen molar-refractivity contribution in [2.45, 2.75) is 26.0 Å². The van der Waals surface area contributed by atoms with Crippen LogP contribution in [-0.2, 0) is 6.42 Å². The summed E-state index contributed by atoms with van der Waals surface area (Å²) >= 11 is 0. The first-order valence-electron chi connectivity index (χ1n) is 8.49. The van der Waals surface area contributed by atoms with Crippen LogP contribution in [0.4, 0.5) is 8.78 Å². The number of alkyl halides is 2. The fourth-order valence-electron chi connectivity index (χ4n) is 2.71. The molecule has 0 bridgehead atoms. The highest BCUT2D eigenvalue weighted by Crippen LogP contribution is 2.22. The number of ether oxygens (including phenoxy) is 1. The molecule has 2 aromatic rings.